The van der Waals surface area contributed by atoms with E-state index < -0.39 is 11.8 Å². The van der Waals surface area contributed by atoms with Crippen LogP contribution in [-0.2, 0) is 16.1 Å². The Kier molecular flexibility index (Phi) is 7.63. The van der Waals surface area contributed by atoms with E-state index in [4.69, 9.17) is 21.1 Å². The fourth-order valence-electron chi connectivity index (χ4n) is 2.12. The first-order valence-corrected chi connectivity index (χ1v) is 8.57. The molecule has 0 saturated heterocycles. The minimum absolute atomic E-state index is 0.212. The Labute approximate surface area is 162 Å². The van der Waals surface area contributed by atoms with E-state index in [1.807, 2.05) is 6.92 Å². The monoisotopic (exact) mass is 389 g/mol. The molecule has 8 heteroatoms. The van der Waals surface area contributed by atoms with Crippen LogP contribution in [0.2, 0.25) is 5.02 Å². The van der Waals surface area contributed by atoms with Gasteiger partial charge in [-0.2, -0.15) is 5.10 Å². The number of carbonyl (C=O) groups excluding carboxylic acids is 2. The number of nitrogens with one attached hydrogen (secondary N) is 2. The minimum atomic E-state index is -0.863. The van der Waals surface area contributed by atoms with E-state index >= 15 is 0 Å². The summed E-state index contributed by atoms with van der Waals surface area (Å²) >= 11 is 5.79. The van der Waals surface area contributed by atoms with E-state index in [9.17, 15) is 9.59 Å². The third kappa shape index (κ3) is 6.31. The van der Waals surface area contributed by atoms with Crippen LogP contribution in [-0.4, -0.2) is 31.7 Å². The lowest BCUT2D eigenvalue weighted by Gasteiger charge is -2.09. The van der Waals surface area contributed by atoms with Crippen LogP contribution in [0.1, 0.15) is 18.1 Å². The van der Waals surface area contributed by atoms with Crippen LogP contribution in [0, 0.1) is 0 Å². The van der Waals surface area contributed by atoms with Crippen LogP contribution in [0.25, 0.3) is 0 Å². The summed E-state index contributed by atoms with van der Waals surface area (Å²) in [4.78, 5) is 23.6. The first kappa shape index (κ1) is 20.3. The number of hydrazone groups is 1. The smallest absolute Gasteiger partial charge is 0.329 e. The molecule has 0 heterocycles. The first-order valence-electron chi connectivity index (χ1n) is 8.20. The molecule has 2 amide bonds. The summed E-state index contributed by atoms with van der Waals surface area (Å²) in [5.74, 6) is -0.486. The Morgan fingerprint density at radius 1 is 1.11 bits per heavy atom. The van der Waals surface area contributed by atoms with E-state index in [1.165, 1.54) is 13.3 Å². The molecule has 0 saturated carbocycles. The van der Waals surface area contributed by atoms with Gasteiger partial charge in [-0.3, -0.25) is 9.59 Å². The van der Waals surface area contributed by atoms with Crippen molar-refractivity contribution in [2.24, 2.45) is 5.10 Å². The fourth-order valence-corrected chi connectivity index (χ4v) is 2.25. The maximum Gasteiger partial charge on any atom is 0.329 e. The van der Waals surface area contributed by atoms with Crippen molar-refractivity contribution >= 4 is 29.6 Å². The molecule has 27 heavy (non-hydrogen) atoms. The molecule has 0 fully saturated rings. The van der Waals surface area contributed by atoms with Gasteiger partial charge in [-0.05, 0) is 48.4 Å². The van der Waals surface area contributed by atoms with Crippen LogP contribution < -0.4 is 20.2 Å². The molecule has 2 aromatic rings. The molecule has 0 unspecified atom stereocenters. The first-order chi connectivity index (χ1) is 13.0. The zero-order valence-electron chi connectivity index (χ0n) is 15.0. The number of hydrogen-bond donors (Lipinski definition) is 2. The van der Waals surface area contributed by atoms with Crippen molar-refractivity contribution in [3.05, 3.63) is 58.6 Å². The zero-order valence-corrected chi connectivity index (χ0v) is 15.7. The van der Waals surface area contributed by atoms with Crippen molar-refractivity contribution in [2.45, 2.75) is 13.5 Å². The third-order valence-electron chi connectivity index (χ3n) is 3.44. The molecule has 0 aromatic heterocycles. The normalized spacial score (nSPS) is 10.5. The number of methoxy groups -OCH3 is 1. The molecule has 7 nitrogen and oxygen atoms in total. The van der Waals surface area contributed by atoms with Crippen molar-refractivity contribution in [1.82, 2.24) is 10.7 Å². The topological polar surface area (TPSA) is 89.0 Å². The molecule has 2 N–H and O–H groups in total. The van der Waals surface area contributed by atoms with Crippen molar-refractivity contribution < 1.29 is 19.1 Å². The molecular weight excluding hydrogens is 370 g/mol. The highest BCUT2D eigenvalue weighted by Crippen LogP contribution is 2.27. The lowest BCUT2D eigenvalue weighted by atomic mass is 10.2. The van der Waals surface area contributed by atoms with E-state index in [0.29, 0.717) is 28.7 Å². The van der Waals surface area contributed by atoms with Gasteiger partial charge in [0.25, 0.3) is 0 Å². The molecule has 0 bridgehead atoms. The molecular formula is C19H20ClN3O4. The fraction of sp³-hybridized carbons (Fsp3) is 0.211. The predicted molar refractivity (Wildman–Crippen MR) is 103 cm³/mol. The number of nitrogens with zero attached hydrogens (tertiary/aromatic N) is 1. The molecule has 0 aliphatic heterocycles. The number of amides is 2. The summed E-state index contributed by atoms with van der Waals surface area (Å²) in [5.41, 5.74) is 3.68. The number of benzene rings is 2. The number of rotatable bonds is 7. The van der Waals surface area contributed by atoms with Gasteiger partial charge >= 0.3 is 11.8 Å². The van der Waals surface area contributed by atoms with Gasteiger partial charge < -0.3 is 14.8 Å². The van der Waals surface area contributed by atoms with Crippen molar-refractivity contribution in [2.75, 3.05) is 13.7 Å². The Morgan fingerprint density at radius 3 is 2.52 bits per heavy atom. The van der Waals surface area contributed by atoms with Gasteiger partial charge in [0.05, 0.1) is 19.9 Å². The summed E-state index contributed by atoms with van der Waals surface area (Å²) in [7, 11) is 1.53. The second-order valence-corrected chi connectivity index (χ2v) is 5.79. The number of halogens is 1. The number of ether oxygens (including phenoxy) is 2. The van der Waals surface area contributed by atoms with Gasteiger partial charge in [-0.15, -0.1) is 0 Å². The average Bonchev–Trinajstić information content (AvgIpc) is 2.68. The zero-order chi connectivity index (χ0) is 19.6. The maximum atomic E-state index is 11.8. The predicted octanol–water partition coefficient (Wildman–Crippen LogP) is 2.51. The largest absolute Gasteiger partial charge is 0.493 e. The lowest BCUT2D eigenvalue weighted by molar-refractivity contribution is -0.139. The standard InChI is InChI=1S/C19H20ClN3O4/c1-3-27-16-9-6-14(10-17(16)26-2)12-22-23-19(25)18(24)21-11-13-4-7-15(20)8-5-13/h4-10,12H,3,11H2,1-2H3,(H,21,24)(H,23,25)/b22-12-. The molecule has 0 aliphatic rings. The SMILES string of the molecule is CCOc1ccc(/C=N\NC(=O)C(=O)NCc2ccc(Cl)cc2)cc1OC. The van der Waals surface area contributed by atoms with E-state index in [1.54, 1.807) is 42.5 Å². The van der Waals surface area contributed by atoms with Crippen LogP contribution in [0.4, 0.5) is 0 Å². The van der Waals surface area contributed by atoms with Crippen molar-refractivity contribution in [3.8, 4) is 11.5 Å². The Balaban J connectivity index is 1.86. The molecule has 0 radical (unpaired) electrons. The van der Waals surface area contributed by atoms with Crippen LogP contribution in [0.3, 0.4) is 0 Å². The number of hydrogen-bond acceptors (Lipinski definition) is 5. The Morgan fingerprint density at radius 2 is 1.85 bits per heavy atom. The van der Waals surface area contributed by atoms with Crippen molar-refractivity contribution in [1.29, 1.82) is 0 Å². The van der Waals surface area contributed by atoms with Gasteiger partial charge in [0.2, 0.25) is 0 Å². The van der Waals surface area contributed by atoms with E-state index in [-0.39, 0.29) is 6.54 Å². The lowest BCUT2D eigenvalue weighted by Crippen LogP contribution is -2.37. The van der Waals surface area contributed by atoms with Gasteiger partial charge in [-0.1, -0.05) is 23.7 Å². The Hall–Kier alpha value is -3.06. The van der Waals surface area contributed by atoms with Crippen LogP contribution in [0.5, 0.6) is 11.5 Å². The summed E-state index contributed by atoms with van der Waals surface area (Å²) in [6.45, 7) is 2.61. The summed E-state index contributed by atoms with van der Waals surface area (Å²) in [6.07, 6.45) is 1.41. The van der Waals surface area contributed by atoms with Crippen LogP contribution >= 0.6 is 11.6 Å². The van der Waals surface area contributed by atoms with E-state index in [0.717, 1.165) is 5.56 Å². The molecule has 142 valence electrons. The molecule has 0 aliphatic carbocycles. The molecule has 0 atom stereocenters. The highest BCUT2D eigenvalue weighted by molar-refractivity contribution is 6.35. The summed E-state index contributed by atoms with van der Waals surface area (Å²) in [5, 5.41) is 6.88. The highest BCUT2D eigenvalue weighted by atomic mass is 35.5. The summed E-state index contributed by atoms with van der Waals surface area (Å²) < 4.78 is 10.7. The minimum Gasteiger partial charge on any atom is -0.493 e. The van der Waals surface area contributed by atoms with Gasteiger partial charge in [0, 0.05) is 11.6 Å². The highest BCUT2D eigenvalue weighted by Gasteiger charge is 2.12. The number of carbonyl (C=O) groups is 2. The van der Waals surface area contributed by atoms with Crippen molar-refractivity contribution in [3.63, 3.8) is 0 Å². The molecule has 2 aromatic carbocycles. The van der Waals surface area contributed by atoms with Crippen LogP contribution in [0.15, 0.2) is 47.6 Å². The van der Waals surface area contributed by atoms with E-state index in [2.05, 4.69) is 15.8 Å². The Bertz CT molecular complexity index is 822. The molecule has 0 spiro atoms. The van der Waals surface area contributed by atoms with Gasteiger partial charge in [0.15, 0.2) is 11.5 Å². The van der Waals surface area contributed by atoms with Gasteiger partial charge in [0.1, 0.15) is 0 Å². The maximum absolute atomic E-state index is 11.8. The second kappa shape index (κ2) is 10.2. The quantitative estimate of drug-likeness (QED) is 0.432. The summed E-state index contributed by atoms with van der Waals surface area (Å²) in [6, 6.07) is 12.1. The van der Waals surface area contributed by atoms with Gasteiger partial charge in [-0.25, -0.2) is 5.43 Å². The second-order valence-electron chi connectivity index (χ2n) is 5.35. The third-order valence-corrected chi connectivity index (χ3v) is 3.69. The average molecular weight is 390 g/mol. The molecule has 2 rings (SSSR count).